The maximum atomic E-state index is 12.0. The van der Waals surface area contributed by atoms with Crippen molar-refractivity contribution in [1.29, 1.82) is 0 Å². The summed E-state index contributed by atoms with van der Waals surface area (Å²) in [5, 5.41) is 16.6. The molecule has 0 radical (unpaired) electrons. The Hall–Kier alpha value is -1.43. The summed E-state index contributed by atoms with van der Waals surface area (Å²) in [5.74, 6) is 0.470. The Labute approximate surface area is 106 Å². The number of H-pyrrole nitrogens is 1. The van der Waals surface area contributed by atoms with Crippen molar-refractivity contribution in [2.45, 2.75) is 25.7 Å². The number of hydrogen-bond acceptors (Lipinski definition) is 4. The molecule has 0 unspecified atom stereocenters. The van der Waals surface area contributed by atoms with Gasteiger partial charge in [0.2, 0.25) is 5.91 Å². The van der Waals surface area contributed by atoms with Crippen LogP contribution in [0.2, 0.25) is 0 Å². The van der Waals surface area contributed by atoms with Gasteiger partial charge in [0, 0.05) is 18.9 Å². The molecule has 1 saturated heterocycles. The zero-order valence-corrected chi connectivity index (χ0v) is 10.4. The van der Waals surface area contributed by atoms with Gasteiger partial charge in [-0.1, -0.05) is 0 Å². The second-order valence-electron chi connectivity index (χ2n) is 5.37. The Morgan fingerprint density at radius 2 is 2.33 bits per heavy atom. The maximum absolute atomic E-state index is 12.0. The van der Waals surface area contributed by atoms with Gasteiger partial charge in [-0.05, 0) is 37.8 Å². The van der Waals surface area contributed by atoms with E-state index >= 15 is 0 Å². The summed E-state index contributed by atoms with van der Waals surface area (Å²) >= 11 is 0. The molecule has 6 nitrogen and oxygen atoms in total. The average Bonchev–Trinajstić information content (AvgIpc) is 2.85. The molecule has 18 heavy (non-hydrogen) atoms. The Morgan fingerprint density at radius 1 is 1.50 bits per heavy atom. The van der Waals surface area contributed by atoms with Gasteiger partial charge >= 0.3 is 0 Å². The monoisotopic (exact) mass is 249 g/mol. The van der Waals surface area contributed by atoms with E-state index in [9.17, 15) is 4.79 Å². The molecule has 1 aromatic heterocycles. The van der Waals surface area contributed by atoms with Crippen molar-refractivity contribution in [3.63, 3.8) is 0 Å². The van der Waals surface area contributed by atoms with E-state index in [1.807, 2.05) is 0 Å². The first-order chi connectivity index (χ1) is 8.80. The minimum absolute atomic E-state index is 0.223. The Morgan fingerprint density at radius 3 is 3.06 bits per heavy atom. The van der Waals surface area contributed by atoms with Gasteiger partial charge in [-0.3, -0.25) is 4.79 Å². The van der Waals surface area contributed by atoms with Crippen LogP contribution in [0.3, 0.4) is 0 Å². The molecule has 0 aromatic carbocycles. The summed E-state index contributed by atoms with van der Waals surface area (Å²) < 4.78 is 0. The average molecular weight is 249 g/mol. The van der Waals surface area contributed by atoms with Crippen molar-refractivity contribution in [2.24, 2.45) is 11.3 Å². The molecule has 0 bridgehead atoms. The summed E-state index contributed by atoms with van der Waals surface area (Å²) in [6.07, 6.45) is 5.80. The van der Waals surface area contributed by atoms with Crippen LogP contribution in [-0.4, -0.2) is 41.0 Å². The van der Waals surface area contributed by atoms with Crippen molar-refractivity contribution >= 4 is 5.91 Å². The molecule has 2 heterocycles. The number of hydrogen-bond donors (Lipinski definition) is 3. The lowest BCUT2D eigenvalue weighted by Crippen LogP contribution is -2.34. The highest BCUT2D eigenvalue weighted by Crippen LogP contribution is 2.58. The van der Waals surface area contributed by atoms with Gasteiger partial charge in [0.25, 0.3) is 0 Å². The van der Waals surface area contributed by atoms with E-state index in [0.717, 1.165) is 44.5 Å². The Kier molecular flexibility index (Phi) is 3.03. The minimum atomic E-state index is 0.223. The number of piperidine rings is 1. The SMILES string of the molecule is O=C(NCCc1cn[nH]n1)[C@H]1CC12CCNCC2. The van der Waals surface area contributed by atoms with Crippen LogP contribution >= 0.6 is 0 Å². The molecule has 1 spiro atoms. The standard InChI is InChI=1S/C12H19N5O/c18-11(14-4-1-9-8-15-17-16-9)10-7-12(10)2-5-13-6-3-12/h8,10,13H,1-7H2,(H,14,18)(H,15,16,17)/t10-/m1/s1. The third-order valence-electron chi connectivity index (χ3n) is 4.25. The van der Waals surface area contributed by atoms with Gasteiger partial charge in [-0.15, -0.1) is 0 Å². The van der Waals surface area contributed by atoms with Gasteiger partial charge in [-0.2, -0.15) is 15.4 Å². The predicted molar refractivity (Wildman–Crippen MR) is 65.7 cm³/mol. The molecule has 2 fully saturated rings. The number of carbonyl (C=O) groups excluding carboxylic acids is 1. The molecule has 1 aliphatic carbocycles. The summed E-state index contributed by atoms with van der Waals surface area (Å²) in [6, 6.07) is 0. The molecular formula is C12H19N5O. The number of carbonyl (C=O) groups is 1. The van der Waals surface area contributed by atoms with Crippen LogP contribution in [0, 0.1) is 11.3 Å². The lowest BCUT2D eigenvalue weighted by Gasteiger charge is -2.23. The normalized spacial score (nSPS) is 25.0. The van der Waals surface area contributed by atoms with E-state index < -0.39 is 0 Å². The van der Waals surface area contributed by atoms with Gasteiger partial charge in [0.15, 0.2) is 0 Å². The molecule has 1 saturated carbocycles. The lowest BCUT2D eigenvalue weighted by atomic mass is 9.92. The van der Waals surface area contributed by atoms with Gasteiger partial charge < -0.3 is 10.6 Å². The lowest BCUT2D eigenvalue weighted by molar-refractivity contribution is -0.123. The highest BCUT2D eigenvalue weighted by atomic mass is 16.2. The number of rotatable bonds is 4. The summed E-state index contributed by atoms with van der Waals surface area (Å²) in [7, 11) is 0. The Balaban J connectivity index is 1.43. The smallest absolute Gasteiger partial charge is 0.223 e. The van der Waals surface area contributed by atoms with Crippen LogP contribution < -0.4 is 10.6 Å². The fraction of sp³-hybridized carbons (Fsp3) is 0.750. The number of nitrogens with zero attached hydrogens (tertiary/aromatic N) is 2. The van der Waals surface area contributed by atoms with E-state index in [-0.39, 0.29) is 11.8 Å². The Bertz CT molecular complexity index is 410. The van der Waals surface area contributed by atoms with Crippen LogP contribution in [0.4, 0.5) is 0 Å². The first kappa shape index (κ1) is 11.6. The molecule has 3 N–H and O–H groups in total. The topological polar surface area (TPSA) is 82.7 Å². The third-order valence-corrected chi connectivity index (χ3v) is 4.25. The first-order valence-electron chi connectivity index (χ1n) is 6.63. The molecule has 2 aliphatic rings. The van der Waals surface area contributed by atoms with Crippen LogP contribution in [0.5, 0.6) is 0 Å². The van der Waals surface area contributed by atoms with Crippen LogP contribution in [0.1, 0.15) is 25.0 Å². The fourth-order valence-electron chi connectivity index (χ4n) is 2.98. The molecule has 1 aromatic rings. The summed E-state index contributed by atoms with van der Waals surface area (Å²) in [4.78, 5) is 12.0. The number of aromatic nitrogens is 3. The molecule has 1 amide bonds. The van der Waals surface area contributed by atoms with E-state index in [0.29, 0.717) is 12.0 Å². The second-order valence-corrected chi connectivity index (χ2v) is 5.37. The van der Waals surface area contributed by atoms with E-state index in [1.165, 1.54) is 0 Å². The van der Waals surface area contributed by atoms with Gasteiger partial charge in [0.05, 0.1) is 11.9 Å². The van der Waals surface area contributed by atoms with E-state index in [1.54, 1.807) is 6.20 Å². The number of nitrogens with one attached hydrogen (secondary N) is 3. The first-order valence-corrected chi connectivity index (χ1v) is 6.63. The molecular weight excluding hydrogens is 230 g/mol. The highest BCUT2D eigenvalue weighted by Gasteiger charge is 2.57. The largest absolute Gasteiger partial charge is 0.355 e. The predicted octanol–water partition coefficient (Wildman–Crippen LogP) is -0.147. The van der Waals surface area contributed by atoms with Crippen molar-refractivity contribution < 1.29 is 4.79 Å². The van der Waals surface area contributed by atoms with E-state index in [4.69, 9.17) is 0 Å². The van der Waals surface area contributed by atoms with Crippen LogP contribution in [-0.2, 0) is 11.2 Å². The molecule has 1 atom stereocenters. The van der Waals surface area contributed by atoms with Crippen LogP contribution in [0.15, 0.2) is 6.20 Å². The molecule has 1 aliphatic heterocycles. The summed E-state index contributed by atoms with van der Waals surface area (Å²) in [6.45, 7) is 2.77. The quantitative estimate of drug-likeness (QED) is 0.693. The molecule has 6 heteroatoms. The van der Waals surface area contributed by atoms with Crippen molar-refractivity contribution in [1.82, 2.24) is 26.0 Å². The van der Waals surface area contributed by atoms with Crippen molar-refractivity contribution in [3.8, 4) is 0 Å². The number of amides is 1. The zero-order valence-electron chi connectivity index (χ0n) is 10.4. The van der Waals surface area contributed by atoms with Gasteiger partial charge in [0.1, 0.15) is 0 Å². The van der Waals surface area contributed by atoms with Gasteiger partial charge in [-0.25, -0.2) is 0 Å². The third kappa shape index (κ3) is 2.25. The van der Waals surface area contributed by atoms with Crippen LogP contribution in [0.25, 0.3) is 0 Å². The molecule has 98 valence electrons. The van der Waals surface area contributed by atoms with Crippen molar-refractivity contribution in [2.75, 3.05) is 19.6 Å². The maximum Gasteiger partial charge on any atom is 0.223 e. The molecule has 3 rings (SSSR count). The number of aromatic amines is 1. The highest BCUT2D eigenvalue weighted by molar-refractivity contribution is 5.82. The summed E-state index contributed by atoms with van der Waals surface area (Å²) in [5.41, 5.74) is 1.21. The second kappa shape index (κ2) is 4.68. The van der Waals surface area contributed by atoms with E-state index in [2.05, 4.69) is 26.0 Å². The fourth-order valence-corrected chi connectivity index (χ4v) is 2.98. The minimum Gasteiger partial charge on any atom is -0.355 e. The zero-order chi connectivity index (χ0) is 12.4. The van der Waals surface area contributed by atoms with Crippen molar-refractivity contribution in [3.05, 3.63) is 11.9 Å².